The second-order valence-electron chi connectivity index (χ2n) is 3.57. The van der Waals surface area contributed by atoms with Crippen LogP contribution in [0.2, 0.25) is 0 Å². The van der Waals surface area contributed by atoms with Crippen LogP contribution >= 0.6 is 0 Å². The Bertz CT molecular complexity index is 624. The van der Waals surface area contributed by atoms with Gasteiger partial charge in [-0.15, -0.1) is 0 Å². The Hall–Kier alpha value is -0.720. The molecule has 18 heavy (non-hydrogen) atoms. The average molecular weight is 271 g/mol. The first-order chi connectivity index (χ1) is 8.06. The molecule has 0 amide bonds. The second kappa shape index (κ2) is 6.45. The van der Waals surface area contributed by atoms with Gasteiger partial charge >= 0.3 is 29.6 Å². The van der Waals surface area contributed by atoms with E-state index in [0.717, 1.165) is 10.8 Å². The summed E-state index contributed by atoms with van der Waals surface area (Å²) < 4.78 is 19.9. The van der Waals surface area contributed by atoms with E-state index in [2.05, 4.69) is 4.99 Å². The van der Waals surface area contributed by atoms with Gasteiger partial charge in [-0.1, -0.05) is 12.1 Å². The van der Waals surface area contributed by atoms with Crippen molar-refractivity contribution in [1.82, 2.24) is 0 Å². The summed E-state index contributed by atoms with van der Waals surface area (Å²) in [6.45, 7) is 1.39. The van der Waals surface area contributed by atoms with E-state index in [9.17, 15) is 9.32 Å². The summed E-state index contributed by atoms with van der Waals surface area (Å²) in [4.78, 5) is 4.17. The summed E-state index contributed by atoms with van der Waals surface area (Å²) in [6.07, 6.45) is 0. The average Bonchev–Trinajstić information content (AvgIpc) is 2.27. The van der Waals surface area contributed by atoms with Crippen molar-refractivity contribution in [3.8, 4) is 0 Å². The van der Waals surface area contributed by atoms with Crippen LogP contribution in [-0.4, -0.2) is 14.7 Å². The first-order valence-electron chi connectivity index (χ1n) is 4.93. The van der Waals surface area contributed by atoms with Crippen LogP contribution in [0.4, 0.5) is 5.69 Å². The van der Waals surface area contributed by atoms with Crippen molar-refractivity contribution in [1.29, 1.82) is 0 Å². The smallest absolute Gasteiger partial charge is 0.862 e. The van der Waals surface area contributed by atoms with Gasteiger partial charge in [0.25, 0.3) is 0 Å². The predicted molar refractivity (Wildman–Crippen MR) is 65.8 cm³/mol. The first kappa shape index (κ1) is 15.3. The van der Waals surface area contributed by atoms with Crippen molar-refractivity contribution in [3.05, 3.63) is 36.4 Å². The Morgan fingerprint density at radius 2 is 1.83 bits per heavy atom. The van der Waals surface area contributed by atoms with Crippen LogP contribution in [0.1, 0.15) is 6.92 Å². The molecule has 88 valence electrons. The number of aliphatic imine (C=N–C) groups is 1. The molecule has 0 heterocycles. The molecule has 0 aliphatic heterocycles. The summed E-state index contributed by atoms with van der Waals surface area (Å²) >= 11 is -1.98. The Balaban J connectivity index is 0.00000162. The Morgan fingerprint density at radius 3 is 2.44 bits per heavy atom. The number of fused-ring (bicyclic) bond motifs is 1. The van der Waals surface area contributed by atoms with Gasteiger partial charge in [0.1, 0.15) is 0 Å². The molecule has 0 aliphatic rings. The molecule has 1 atom stereocenters. The van der Waals surface area contributed by atoms with E-state index >= 15 is 0 Å². The van der Waals surface area contributed by atoms with Crippen molar-refractivity contribution in [2.45, 2.75) is 11.8 Å². The largest absolute Gasteiger partial charge is 1.00 e. The SMILES string of the molecule is CC([O-])=Nc1ccc2cc(S(=O)O)ccc2c1.[Na+]. The predicted octanol–water partition coefficient (Wildman–Crippen LogP) is -1.17. The molecule has 2 aromatic carbocycles. The molecule has 0 saturated carbocycles. The van der Waals surface area contributed by atoms with E-state index in [1.54, 1.807) is 36.4 Å². The molecule has 0 bridgehead atoms. The van der Waals surface area contributed by atoms with Gasteiger partial charge < -0.3 is 9.66 Å². The quantitative estimate of drug-likeness (QED) is 0.324. The van der Waals surface area contributed by atoms with Crippen LogP contribution in [-0.2, 0) is 11.1 Å². The molecule has 2 aromatic rings. The molecular weight excluding hydrogens is 261 g/mol. The maximum atomic E-state index is 10.9. The van der Waals surface area contributed by atoms with E-state index in [1.807, 2.05) is 0 Å². The molecule has 4 nitrogen and oxygen atoms in total. The summed E-state index contributed by atoms with van der Waals surface area (Å²) in [6, 6.07) is 10.2. The Morgan fingerprint density at radius 1 is 1.22 bits per heavy atom. The third-order valence-electron chi connectivity index (χ3n) is 2.28. The van der Waals surface area contributed by atoms with Crippen molar-refractivity contribution in [2.75, 3.05) is 0 Å². The van der Waals surface area contributed by atoms with E-state index < -0.39 is 11.1 Å². The van der Waals surface area contributed by atoms with Gasteiger partial charge in [0.05, 0.1) is 10.6 Å². The van der Waals surface area contributed by atoms with Crippen LogP contribution in [0.5, 0.6) is 0 Å². The molecule has 0 spiro atoms. The minimum atomic E-state index is -1.98. The van der Waals surface area contributed by atoms with E-state index in [-0.39, 0.29) is 35.5 Å². The van der Waals surface area contributed by atoms with Gasteiger partial charge in [0.15, 0.2) is 11.1 Å². The first-order valence-corrected chi connectivity index (χ1v) is 6.04. The fraction of sp³-hybridized carbons (Fsp3) is 0.0833. The zero-order valence-corrected chi connectivity index (χ0v) is 12.9. The second-order valence-corrected chi connectivity index (χ2v) is 4.54. The monoisotopic (exact) mass is 271 g/mol. The molecular formula is C12H10NNaO3S. The van der Waals surface area contributed by atoms with Crippen LogP contribution < -0.4 is 34.7 Å². The summed E-state index contributed by atoms with van der Waals surface area (Å²) in [5, 5.41) is 12.6. The van der Waals surface area contributed by atoms with Crippen LogP contribution in [0.15, 0.2) is 46.3 Å². The van der Waals surface area contributed by atoms with E-state index in [1.165, 1.54) is 6.92 Å². The molecule has 6 heteroatoms. The number of benzene rings is 2. The van der Waals surface area contributed by atoms with Gasteiger partial charge in [0, 0.05) is 0 Å². The molecule has 2 rings (SSSR count). The molecule has 0 aliphatic carbocycles. The normalized spacial score (nSPS) is 13.1. The molecule has 0 saturated heterocycles. The van der Waals surface area contributed by atoms with Crippen molar-refractivity contribution < 1.29 is 43.4 Å². The van der Waals surface area contributed by atoms with Gasteiger partial charge in [0.2, 0.25) is 0 Å². The van der Waals surface area contributed by atoms with Crippen molar-refractivity contribution >= 4 is 33.4 Å². The number of hydrogen-bond donors (Lipinski definition) is 1. The summed E-state index contributed by atoms with van der Waals surface area (Å²) in [5.74, 6) is -0.252. The van der Waals surface area contributed by atoms with Crippen LogP contribution in [0.25, 0.3) is 10.8 Å². The third-order valence-corrected chi connectivity index (χ3v) is 2.94. The number of rotatable bonds is 2. The minimum absolute atomic E-state index is 0. The molecule has 1 N–H and O–H groups in total. The minimum Gasteiger partial charge on any atom is -0.862 e. The maximum absolute atomic E-state index is 10.9. The topological polar surface area (TPSA) is 72.7 Å². The third kappa shape index (κ3) is 3.63. The molecule has 0 fully saturated rings. The maximum Gasteiger partial charge on any atom is 1.00 e. The standard InChI is InChI=1S/C12H11NO3S.Na/c1-8(14)13-11-4-2-10-7-12(17(15)16)5-3-9(10)6-11;/h2-7H,1H3,(H,13,14)(H,15,16);/q;+1/p-1. The van der Waals surface area contributed by atoms with Gasteiger partial charge in [-0.25, -0.2) is 4.21 Å². The van der Waals surface area contributed by atoms with Gasteiger partial charge in [-0.2, -0.15) is 0 Å². The van der Waals surface area contributed by atoms with Crippen LogP contribution in [0, 0.1) is 0 Å². The Labute approximate surface area is 129 Å². The van der Waals surface area contributed by atoms with Crippen molar-refractivity contribution in [3.63, 3.8) is 0 Å². The number of nitrogens with zero attached hydrogens (tertiary/aromatic N) is 1. The summed E-state index contributed by atoms with van der Waals surface area (Å²) in [5.41, 5.74) is 0.586. The van der Waals surface area contributed by atoms with Crippen LogP contribution in [0.3, 0.4) is 0 Å². The zero-order chi connectivity index (χ0) is 12.4. The number of hydrogen-bond acceptors (Lipinski definition) is 3. The molecule has 1 unspecified atom stereocenters. The van der Waals surface area contributed by atoms with E-state index in [4.69, 9.17) is 4.55 Å². The Kier molecular flexibility index (Phi) is 5.49. The molecule has 0 radical (unpaired) electrons. The molecule has 0 aromatic heterocycles. The summed E-state index contributed by atoms with van der Waals surface area (Å²) in [7, 11) is 0. The fourth-order valence-corrected chi connectivity index (χ4v) is 1.98. The van der Waals surface area contributed by atoms with E-state index in [0.29, 0.717) is 10.6 Å². The zero-order valence-electron chi connectivity index (χ0n) is 10.1. The van der Waals surface area contributed by atoms with Crippen molar-refractivity contribution in [2.24, 2.45) is 4.99 Å². The fourth-order valence-electron chi connectivity index (χ4n) is 1.57. The van der Waals surface area contributed by atoms with Gasteiger partial charge in [-0.3, -0.25) is 4.99 Å². The van der Waals surface area contributed by atoms with Gasteiger partial charge in [-0.05, 0) is 47.9 Å².